The fourth-order valence-electron chi connectivity index (χ4n) is 2.07. The van der Waals surface area contributed by atoms with Crippen LogP contribution in [0.4, 0.5) is 4.79 Å². The Bertz CT molecular complexity index is 418. The number of cyclic esters (lactones) is 1. The first kappa shape index (κ1) is 13.8. The van der Waals surface area contributed by atoms with Crippen LogP contribution in [0.1, 0.15) is 31.0 Å². The lowest BCUT2D eigenvalue weighted by Gasteiger charge is -2.38. The molecule has 0 aromatic heterocycles. The molecule has 1 aliphatic rings. The van der Waals surface area contributed by atoms with Crippen LogP contribution >= 0.6 is 12.4 Å². The lowest BCUT2D eigenvalue weighted by atomic mass is 9.80. The van der Waals surface area contributed by atoms with Crippen LogP contribution in [-0.4, -0.2) is 12.7 Å². The molecule has 3 nitrogen and oxygen atoms in total. The van der Waals surface area contributed by atoms with Gasteiger partial charge in [0, 0.05) is 5.41 Å². The molecule has 1 aromatic rings. The molecule has 0 aliphatic carbocycles. The van der Waals surface area contributed by atoms with Crippen molar-refractivity contribution in [1.29, 1.82) is 0 Å². The van der Waals surface area contributed by atoms with E-state index in [9.17, 15) is 4.79 Å². The molecule has 1 atom stereocenters. The number of carbonyl (C=O) groups is 1. The molecule has 0 radical (unpaired) electrons. The quantitative estimate of drug-likeness (QED) is 0.837. The molecule has 1 fully saturated rings. The largest absolute Gasteiger partial charge is 0.449 e. The summed E-state index contributed by atoms with van der Waals surface area (Å²) in [6.45, 7) is 6.70. The molecule has 94 valence electrons. The standard InChI is InChI=1S/C13H17NO2.ClH/c1-9-5-4-6-10(7-9)11-13(2,3)8-16-12(15)14-11;/h4-7,11H,8H2,1-3H3,(H,14,15);1H/t11-;/m1./s1. The van der Waals surface area contributed by atoms with Crippen LogP contribution in [0.15, 0.2) is 24.3 Å². The molecular weight excluding hydrogens is 238 g/mol. The molecular formula is C13H18ClNO2. The second-order valence-corrected chi connectivity index (χ2v) is 5.06. The molecule has 1 amide bonds. The molecule has 0 spiro atoms. The lowest BCUT2D eigenvalue weighted by molar-refractivity contribution is 0.0387. The van der Waals surface area contributed by atoms with Crippen LogP contribution in [0.3, 0.4) is 0 Å². The number of hydrogen-bond donors (Lipinski definition) is 1. The summed E-state index contributed by atoms with van der Waals surface area (Å²) in [5, 5.41) is 2.89. The van der Waals surface area contributed by atoms with E-state index in [1.807, 2.05) is 12.1 Å². The molecule has 1 saturated heterocycles. The minimum atomic E-state index is -0.328. The van der Waals surface area contributed by atoms with Gasteiger partial charge >= 0.3 is 6.09 Å². The van der Waals surface area contributed by atoms with E-state index in [1.54, 1.807) is 0 Å². The van der Waals surface area contributed by atoms with Crippen LogP contribution in [0.2, 0.25) is 0 Å². The third-order valence-electron chi connectivity index (χ3n) is 2.99. The topological polar surface area (TPSA) is 38.3 Å². The summed E-state index contributed by atoms with van der Waals surface area (Å²) in [6.07, 6.45) is -0.328. The number of nitrogens with one attached hydrogen (secondary N) is 1. The van der Waals surface area contributed by atoms with Gasteiger partial charge in [-0.2, -0.15) is 0 Å². The average Bonchev–Trinajstić information content (AvgIpc) is 2.22. The van der Waals surface area contributed by atoms with E-state index >= 15 is 0 Å². The molecule has 0 saturated carbocycles. The van der Waals surface area contributed by atoms with Crippen molar-refractivity contribution in [3.8, 4) is 0 Å². The minimum Gasteiger partial charge on any atom is -0.449 e. The molecule has 2 rings (SSSR count). The first-order chi connectivity index (χ1) is 7.49. The maximum absolute atomic E-state index is 11.3. The number of alkyl carbamates (subject to hydrolysis) is 1. The highest BCUT2D eigenvalue weighted by atomic mass is 35.5. The fraction of sp³-hybridized carbons (Fsp3) is 0.462. The van der Waals surface area contributed by atoms with Gasteiger partial charge in [0.1, 0.15) is 6.61 Å². The summed E-state index contributed by atoms with van der Waals surface area (Å²) in [4.78, 5) is 11.3. The Morgan fingerprint density at radius 3 is 2.76 bits per heavy atom. The number of hydrogen-bond acceptors (Lipinski definition) is 2. The van der Waals surface area contributed by atoms with Crippen molar-refractivity contribution in [3.05, 3.63) is 35.4 Å². The molecule has 4 heteroatoms. The van der Waals surface area contributed by atoms with Gasteiger partial charge in [-0.1, -0.05) is 43.7 Å². The van der Waals surface area contributed by atoms with Crippen LogP contribution in [0.5, 0.6) is 0 Å². The van der Waals surface area contributed by atoms with Crippen molar-refractivity contribution in [3.63, 3.8) is 0 Å². The normalized spacial score (nSPS) is 22.1. The zero-order valence-corrected chi connectivity index (χ0v) is 11.1. The number of ether oxygens (including phenoxy) is 1. The fourth-order valence-corrected chi connectivity index (χ4v) is 2.07. The Morgan fingerprint density at radius 1 is 1.41 bits per heavy atom. The molecule has 0 bridgehead atoms. The summed E-state index contributed by atoms with van der Waals surface area (Å²) in [7, 11) is 0. The molecule has 0 unspecified atom stereocenters. The highest BCUT2D eigenvalue weighted by Crippen LogP contribution is 2.36. The summed E-state index contributed by atoms with van der Waals surface area (Å²) in [5.41, 5.74) is 2.26. The van der Waals surface area contributed by atoms with Crippen molar-refractivity contribution in [2.75, 3.05) is 6.61 Å². The second-order valence-electron chi connectivity index (χ2n) is 5.06. The molecule has 1 aromatic carbocycles. The number of aryl methyl sites for hydroxylation is 1. The number of benzene rings is 1. The van der Waals surface area contributed by atoms with Gasteiger partial charge in [0.05, 0.1) is 6.04 Å². The monoisotopic (exact) mass is 255 g/mol. The smallest absolute Gasteiger partial charge is 0.407 e. The molecule has 1 aliphatic heterocycles. The number of halogens is 1. The summed E-state index contributed by atoms with van der Waals surface area (Å²) >= 11 is 0. The number of rotatable bonds is 1. The lowest BCUT2D eigenvalue weighted by Crippen LogP contribution is -2.46. The van der Waals surface area contributed by atoms with E-state index in [-0.39, 0.29) is 30.0 Å². The first-order valence-corrected chi connectivity index (χ1v) is 5.49. The Balaban J connectivity index is 0.00000144. The van der Waals surface area contributed by atoms with Gasteiger partial charge in [0.2, 0.25) is 0 Å². The Morgan fingerprint density at radius 2 is 2.12 bits per heavy atom. The maximum atomic E-state index is 11.3. The van der Waals surface area contributed by atoms with Gasteiger partial charge in [-0.25, -0.2) is 4.79 Å². The van der Waals surface area contributed by atoms with Crippen molar-refractivity contribution >= 4 is 18.5 Å². The highest BCUT2D eigenvalue weighted by molar-refractivity contribution is 5.85. The summed E-state index contributed by atoms with van der Waals surface area (Å²) in [6, 6.07) is 8.25. The maximum Gasteiger partial charge on any atom is 0.407 e. The predicted octanol–water partition coefficient (Wildman–Crippen LogP) is 3.22. The van der Waals surface area contributed by atoms with Crippen LogP contribution in [0, 0.1) is 12.3 Å². The van der Waals surface area contributed by atoms with Gasteiger partial charge < -0.3 is 10.1 Å². The predicted molar refractivity (Wildman–Crippen MR) is 69.4 cm³/mol. The minimum absolute atomic E-state index is 0. The van der Waals surface area contributed by atoms with Crippen molar-refractivity contribution in [1.82, 2.24) is 5.32 Å². The van der Waals surface area contributed by atoms with Gasteiger partial charge in [0.25, 0.3) is 0 Å². The third-order valence-corrected chi connectivity index (χ3v) is 2.99. The summed E-state index contributed by atoms with van der Waals surface area (Å²) in [5.74, 6) is 0. The zero-order valence-electron chi connectivity index (χ0n) is 10.3. The van der Waals surface area contributed by atoms with Gasteiger partial charge in [0.15, 0.2) is 0 Å². The molecule has 1 N–H and O–H groups in total. The second kappa shape index (κ2) is 4.96. The van der Waals surface area contributed by atoms with E-state index in [4.69, 9.17) is 4.74 Å². The van der Waals surface area contributed by atoms with Crippen molar-refractivity contribution in [2.24, 2.45) is 5.41 Å². The van der Waals surface area contributed by atoms with Crippen LogP contribution in [0.25, 0.3) is 0 Å². The molecule has 17 heavy (non-hydrogen) atoms. The van der Waals surface area contributed by atoms with E-state index in [2.05, 4.69) is 38.2 Å². The number of carbonyl (C=O) groups excluding carboxylic acids is 1. The average molecular weight is 256 g/mol. The van der Waals surface area contributed by atoms with Crippen molar-refractivity contribution in [2.45, 2.75) is 26.8 Å². The Hall–Kier alpha value is -1.22. The van der Waals surface area contributed by atoms with Gasteiger partial charge in [-0.15, -0.1) is 12.4 Å². The highest BCUT2D eigenvalue weighted by Gasteiger charge is 2.37. The summed E-state index contributed by atoms with van der Waals surface area (Å²) < 4.78 is 5.03. The van der Waals surface area contributed by atoms with E-state index in [0.29, 0.717) is 6.61 Å². The SMILES string of the molecule is Cc1cccc([C@H]2NC(=O)OCC2(C)C)c1.Cl. The zero-order chi connectivity index (χ0) is 11.8. The van der Waals surface area contributed by atoms with E-state index in [0.717, 1.165) is 5.56 Å². The van der Waals surface area contributed by atoms with E-state index in [1.165, 1.54) is 5.56 Å². The molecule has 1 heterocycles. The van der Waals surface area contributed by atoms with Crippen LogP contribution < -0.4 is 5.32 Å². The van der Waals surface area contributed by atoms with Crippen molar-refractivity contribution < 1.29 is 9.53 Å². The number of amides is 1. The van der Waals surface area contributed by atoms with Crippen LogP contribution in [-0.2, 0) is 4.74 Å². The van der Waals surface area contributed by atoms with Gasteiger partial charge in [-0.05, 0) is 12.5 Å². The Kier molecular flexibility index (Phi) is 4.04. The first-order valence-electron chi connectivity index (χ1n) is 5.49. The third kappa shape index (κ3) is 2.91. The van der Waals surface area contributed by atoms with E-state index < -0.39 is 0 Å². The van der Waals surface area contributed by atoms with Gasteiger partial charge in [-0.3, -0.25) is 0 Å². The Labute approximate surface area is 108 Å².